The van der Waals surface area contributed by atoms with E-state index >= 15 is 0 Å². The second-order valence-electron chi connectivity index (χ2n) is 4.80. The molecule has 0 N–H and O–H groups in total. The molecule has 0 saturated carbocycles. The number of hydrogen-bond donors (Lipinski definition) is 0. The van der Waals surface area contributed by atoms with Gasteiger partial charge in [0.05, 0.1) is 12.6 Å². The highest BCUT2D eigenvalue weighted by Crippen LogP contribution is 2.47. The van der Waals surface area contributed by atoms with E-state index in [1.165, 1.54) is 0 Å². The fourth-order valence-corrected chi connectivity index (χ4v) is 2.62. The summed E-state index contributed by atoms with van der Waals surface area (Å²) < 4.78 is 5.19. The van der Waals surface area contributed by atoms with Crippen molar-refractivity contribution in [1.29, 1.82) is 0 Å². The molecule has 2 aromatic carbocycles. The van der Waals surface area contributed by atoms with E-state index in [2.05, 4.69) is 17.0 Å². The van der Waals surface area contributed by atoms with Crippen molar-refractivity contribution in [3.05, 3.63) is 66.2 Å². The van der Waals surface area contributed by atoms with E-state index in [-0.39, 0.29) is 18.1 Å². The summed E-state index contributed by atoms with van der Waals surface area (Å²) in [5, 5.41) is 0. The van der Waals surface area contributed by atoms with Crippen LogP contribution in [0.5, 0.6) is 0 Å². The molecule has 3 nitrogen and oxygen atoms in total. The first-order chi connectivity index (χ1) is 9.83. The summed E-state index contributed by atoms with van der Waals surface area (Å²) in [6.45, 7) is 2.25. The van der Waals surface area contributed by atoms with Gasteiger partial charge in [-0.25, -0.2) is 4.79 Å². The molecular weight excluding hydrogens is 250 g/mol. The number of nitrogens with zero attached hydrogens (tertiary/aromatic N) is 1. The summed E-state index contributed by atoms with van der Waals surface area (Å²) in [4.78, 5) is 14.2. The van der Waals surface area contributed by atoms with Crippen molar-refractivity contribution in [2.75, 3.05) is 11.5 Å². The van der Waals surface area contributed by atoms with Gasteiger partial charge in [0, 0.05) is 5.69 Å². The first-order valence-corrected chi connectivity index (χ1v) is 6.88. The number of para-hydroxylation sites is 1. The minimum absolute atomic E-state index is 0.0812. The van der Waals surface area contributed by atoms with Crippen LogP contribution in [0, 0.1) is 0 Å². The summed E-state index contributed by atoms with van der Waals surface area (Å²) >= 11 is 0. The van der Waals surface area contributed by atoms with Gasteiger partial charge in [-0.05, 0) is 24.6 Å². The molecule has 0 radical (unpaired) electrons. The number of carbonyl (C=O) groups is 1. The Morgan fingerprint density at radius 2 is 1.65 bits per heavy atom. The van der Waals surface area contributed by atoms with Gasteiger partial charge in [0.15, 0.2) is 6.04 Å². The van der Waals surface area contributed by atoms with Crippen LogP contribution in [0.2, 0.25) is 0 Å². The second-order valence-corrected chi connectivity index (χ2v) is 4.80. The highest BCUT2D eigenvalue weighted by molar-refractivity contribution is 5.88. The molecule has 1 fully saturated rings. The van der Waals surface area contributed by atoms with E-state index in [4.69, 9.17) is 4.74 Å². The van der Waals surface area contributed by atoms with Crippen LogP contribution in [0.15, 0.2) is 60.7 Å². The lowest BCUT2D eigenvalue weighted by Gasteiger charge is -2.05. The number of anilines is 1. The topological polar surface area (TPSA) is 29.3 Å². The molecule has 0 aromatic heterocycles. The SMILES string of the molecule is CCOC(=O)[C@@H]1[C@H](c2ccccc2)N1c1ccccc1. The molecule has 1 aliphatic rings. The quantitative estimate of drug-likeness (QED) is 0.629. The Bertz CT molecular complexity index is 537. The highest BCUT2D eigenvalue weighted by atomic mass is 16.5. The van der Waals surface area contributed by atoms with E-state index in [1.54, 1.807) is 0 Å². The van der Waals surface area contributed by atoms with Crippen molar-refractivity contribution >= 4 is 11.7 Å². The molecule has 20 heavy (non-hydrogen) atoms. The molecule has 3 rings (SSSR count). The van der Waals surface area contributed by atoms with Crippen LogP contribution in [-0.2, 0) is 9.53 Å². The maximum atomic E-state index is 12.1. The Morgan fingerprint density at radius 3 is 2.25 bits per heavy atom. The fraction of sp³-hybridized carbons (Fsp3) is 0.235. The van der Waals surface area contributed by atoms with Crippen LogP contribution in [-0.4, -0.2) is 18.6 Å². The zero-order chi connectivity index (χ0) is 13.9. The van der Waals surface area contributed by atoms with Crippen LogP contribution in [0.1, 0.15) is 18.5 Å². The standard InChI is InChI=1S/C17H17NO2/c1-2-20-17(19)16-15(13-9-5-3-6-10-13)18(16)14-11-7-4-8-12-14/h3-12,15-16H,2H2,1H3/t15-,16-,18?/m0/s1. The lowest BCUT2D eigenvalue weighted by Crippen LogP contribution is -2.15. The number of carbonyl (C=O) groups excluding carboxylic acids is 1. The number of rotatable bonds is 4. The Hall–Kier alpha value is -2.29. The number of esters is 1. The van der Waals surface area contributed by atoms with Crippen LogP contribution in [0.3, 0.4) is 0 Å². The Morgan fingerprint density at radius 1 is 1.05 bits per heavy atom. The van der Waals surface area contributed by atoms with Crippen molar-refractivity contribution in [2.45, 2.75) is 19.0 Å². The zero-order valence-electron chi connectivity index (χ0n) is 11.4. The predicted octanol–water partition coefficient (Wildman–Crippen LogP) is 3.18. The monoisotopic (exact) mass is 267 g/mol. The van der Waals surface area contributed by atoms with E-state index in [9.17, 15) is 4.79 Å². The Balaban J connectivity index is 1.89. The molecule has 3 heteroatoms. The van der Waals surface area contributed by atoms with Crippen molar-refractivity contribution in [1.82, 2.24) is 0 Å². The van der Waals surface area contributed by atoms with Gasteiger partial charge in [-0.2, -0.15) is 0 Å². The van der Waals surface area contributed by atoms with E-state index < -0.39 is 0 Å². The van der Waals surface area contributed by atoms with Crippen molar-refractivity contribution in [3.63, 3.8) is 0 Å². The van der Waals surface area contributed by atoms with Gasteiger partial charge < -0.3 is 9.64 Å². The number of benzene rings is 2. The van der Waals surface area contributed by atoms with Gasteiger partial charge in [0.25, 0.3) is 0 Å². The molecule has 0 amide bonds. The van der Waals surface area contributed by atoms with Crippen LogP contribution in [0.25, 0.3) is 0 Å². The summed E-state index contributed by atoms with van der Waals surface area (Å²) in [6.07, 6.45) is 0. The highest BCUT2D eigenvalue weighted by Gasteiger charge is 2.54. The second kappa shape index (κ2) is 5.37. The van der Waals surface area contributed by atoms with Gasteiger partial charge in [-0.3, -0.25) is 0 Å². The summed E-state index contributed by atoms with van der Waals surface area (Å²) in [5.74, 6) is -0.148. The van der Waals surface area contributed by atoms with Crippen LogP contribution < -0.4 is 4.90 Å². The molecule has 0 unspecified atom stereocenters. The summed E-state index contributed by atoms with van der Waals surface area (Å²) in [6, 6.07) is 20.0. The number of ether oxygens (including phenoxy) is 1. The number of hydrogen-bond acceptors (Lipinski definition) is 3. The molecule has 0 spiro atoms. The van der Waals surface area contributed by atoms with E-state index in [1.807, 2.05) is 55.5 Å². The lowest BCUT2D eigenvalue weighted by atomic mass is 10.1. The fourth-order valence-electron chi connectivity index (χ4n) is 2.62. The van der Waals surface area contributed by atoms with Gasteiger partial charge in [-0.1, -0.05) is 48.5 Å². The van der Waals surface area contributed by atoms with Crippen LogP contribution in [0.4, 0.5) is 5.69 Å². The largest absolute Gasteiger partial charge is 0.464 e. The minimum atomic E-state index is -0.209. The first kappa shape index (κ1) is 12.7. The summed E-state index contributed by atoms with van der Waals surface area (Å²) in [5.41, 5.74) is 2.20. The van der Waals surface area contributed by atoms with E-state index in [0.29, 0.717) is 6.61 Å². The molecule has 1 saturated heterocycles. The smallest absolute Gasteiger partial charge is 0.331 e. The Labute approximate surface area is 118 Å². The molecule has 0 aliphatic carbocycles. The van der Waals surface area contributed by atoms with E-state index in [0.717, 1.165) is 11.3 Å². The Kier molecular flexibility index (Phi) is 3.42. The molecule has 102 valence electrons. The van der Waals surface area contributed by atoms with Gasteiger partial charge in [-0.15, -0.1) is 0 Å². The average Bonchev–Trinajstić information content (AvgIpc) is 3.25. The molecule has 2 atom stereocenters. The molecule has 1 heterocycles. The maximum Gasteiger partial charge on any atom is 0.331 e. The normalized spacial score (nSPS) is 20.6. The zero-order valence-corrected chi connectivity index (χ0v) is 11.4. The van der Waals surface area contributed by atoms with Gasteiger partial charge in [0.2, 0.25) is 0 Å². The molecule has 2 aromatic rings. The molecule has 0 bridgehead atoms. The maximum absolute atomic E-state index is 12.1. The van der Waals surface area contributed by atoms with Crippen LogP contribution >= 0.6 is 0 Å². The van der Waals surface area contributed by atoms with Crippen molar-refractivity contribution in [2.24, 2.45) is 0 Å². The predicted molar refractivity (Wildman–Crippen MR) is 78.5 cm³/mol. The van der Waals surface area contributed by atoms with Gasteiger partial charge >= 0.3 is 5.97 Å². The molecular formula is C17H17NO2. The third-order valence-electron chi connectivity index (χ3n) is 3.53. The minimum Gasteiger partial charge on any atom is -0.464 e. The lowest BCUT2D eigenvalue weighted by molar-refractivity contribution is -0.142. The average molecular weight is 267 g/mol. The first-order valence-electron chi connectivity index (χ1n) is 6.88. The van der Waals surface area contributed by atoms with Crippen molar-refractivity contribution in [3.8, 4) is 0 Å². The third kappa shape index (κ3) is 2.27. The third-order valence-corrected chi connectivity index (χ3v) is 3.53. The van der Waals surface area contributed by atoms with Crippen molar-refractivity contribution < 1.29 is 9.53 Å². The summed E-state index contributed by atoms with van der Waals surface area (Å²) in [7, 11) is 0. The van der Waals surface area contributed by atoms with Gasteiger partial charge in [0.1, 0.15) is 0 Å². The molecule has 1 aliphatic heterocycles.